The summed E-state index contributed by atoms with van der Waals surface area (Å²) < 4.78 is 0.570. The number of ketones is 1. The van der Waals surface area contributed by atoms with E-state index in [4.69, 9.17) is 0 Å². The minimum absolute atomic E-state index is 0.0582. The van der Waals surface area contributed by atoms with Crippen LogP contribution in [0.5, 0.6) is 0 Å². The average Bonchev–Trinajstić information content (AvgIpc) is 2.75. The van der Waals surface area contributed by atoms with E-state index in [1.165, 1.54) is 31.2 Å². The van der Waals surface area contributed by atoms with Crippen molar-refractivity contribution >= 4 is 56.7 Å². The third kappa shape index (κ3) is 5.79. The zero-order valence-electron chi connectivity index (χ0n) is 16.8. The van der Waals surface area contributed by atoms with E-state index in [2.05, 4.69) is 31.9 Å². The molecule has 0 spiro atoms. The molecule has 0 aliphatic carbocycles. The predicted octanol–water partition coefficient (Wildman–Crippen LogP) is 5.25. The number of anilines is 3. The van der Waals surface area contributed by atoms with E-state index in [0.717, 1.165) is 0 Å². The van der Waals surface area contributed by atoms with Crippen LogP contribution in [0.2, 0.25) is 0 Å². The number of halogens is 1. The molecule has 0 radical (unpaired) electrons. The van der Waals surface area contributed by atoms with Crippen LogP contribution in [0.15, 0.2) is 71.2 Å². The topological polar surface area (TPSA) is 125 Å². The molecular weight excluding hydrogens is 478 g/mol. The van der Waals surface area contributed by atoms with E-state index >= 15 is 0 Å². The van der Waals surface area contributed by atoms with Gasteiger partial charge < -0.3 is 21.1 Å². The van der Waals surface area contributed by atoms with Gasteiger partial charge in [-0.3, -0.25) is 9.59 Å². The van der Waals surface area contributed by atoms with Gasteiger partial charge in [-0.1, -0.05) is 22.0 Å². The summed E-state index contributed by atoms with van der Waals surface area (Å²) in [6.45, 7) is 1.46. The van der Waals surface area contributed by atoms with Crippen LogP contribution in [-0.2, 0) is 0 Å². The van der Waals surface area contributed by atoms with Gasteiger partial charge in [0.1, 0.15) is 0 Å². The lowest BCUT2D eigenvalue weighted by molar-refractivity contribution is 0.0697. The number of amides is 3. The standard InChI is InChI=1S/C23H18BrN3O5/c1-13(28)14-5-8-17(9-6-14)25-23(32)26-18-4-2-3-15(11-18)21(29)27-20-10-7-16(24)12-19(20)22(30)31/h2-12H,1H3,(H,27,29)(H,30,31)(H2,25,26,32). The van der Waals surface area contributed by atoms with Crippen LogP contribution < -0.4 is 16.0 Å². The third-order valence-electron chi connectivity index (χ3n) is 4.39. The zero-order chi connectivity index (χ0) is 23.3. The Bertz CT molecular complexity index is 1210. The molecule has 0 aliphatic rings. The van der Waals surface area contributed by atoms with E-state index in [0.29, 0.717) is 21.4 Å². The zero-order valence-corrected chi connectivity index (χ0v) is 18.4. The van der Waals surface area contributed by atoms with Crippen LogP contribution in [0.4, 0.5) is 21.9 Å². The summed E-state index contributed by atoms with van der Waals surface area (Å²) in [7, 11) is 0. The molecule has 162 valence electrons. The van der Waals surface area contributed by atoms with Crippen LogP contribution in [-0.4, -0.2) is 28.8 Å². The molecule has 0 atom stereocenters. The van der Waals surface area contributed by atoms with Gasteiger partial charge in [0.25, 0.3) is 5.91 Å². The van der Waals surface area contributed by atoms with Crippen molar-refractivity contribution in [2.75, 3.05) is 16.0 Å². The van der Waals surface area contributed by atoms with Crippen molar-refractivity contribution in [3.63, 3.8) is 0 Å². The average molecular weight is 496 g/mol. The maximum absolute atomic E-state index is 12.6. The fourth-order valence-corrected chi connectivity index (χ4v) is 3.18. The quantitative estimate of drug-likeness (QED) is 0.347. The molecule has 3 rings (SSSR count). The number of hydrogen-bond donors (Lipinski definition) is 4. The first kappa shape index (κ1) is 22.7. The highest BCUT2D eigenvalue weighted by atomic mass is 79.9. The second kappa shape index (κ2) is 9.88. The first-order valence-electron chi connectivity index (χ1n) is 9.36. The number of carboxylic acid groups (broad SMARTS) is 1. The van der Waals surface area contributed by atoms with E-state index in [1.807, 2.05) is 0 Å². The molecule has 0 bridgehead atoms. The normalized spacial score (nSPS) is 10.2. The van der Waals surface area contributed by atoms with E-state index in [-0.39, 0.29) is 22.6 Å². The highest BCUT2D eigenvalue weighted by molar-refractivity contribution is 9.10. The maximum atomic E-state index is 12.6. The number of nitrogens with one attached hydrogen (secondary N) is 3. The summed E-state index contributed by atoms with van der Waals surface area (Å²) >= 11 is 3.20. The lowest BCUT2D eigenvalue weighted by Crippen LogP contribution is -2.20. The monoisotopic (exact) mass is 495 g/mol. The molecule has 0 saturated heterocycles. The SMILES string of the molecule is CC(=O)c1ccc(NC(=O)Nc2cccc(C(=O)Nc3ccc(Br)cc3C(=O)O)c2)cc1. The summed E-state index contributed by atoms with van der Waals surface area (Å²) in [6, 6.07) is 16.6. The molecule has 0 fully saturated rings. The molecule has 8 nitrogen and oxygen atoms in total. The van der Waals surface area contributed by atoms with Crippen molar-refractivity contribution in [2.45, 2.75) is 6.92 Å². The van der Waals surface area contributed by atoms with Crippen molar-refractivity contribution in [3.05, 3.63) is 87.9 Å². The highest BCUT2D eigenvalue weighted by Gasteiger charge is 2.15. The van der Waals surface area contributed by atoms with E-state index < -0.39 is 17.9 Å². The molecule has 3 amide bonds. The first-order chi connectivity index (χ1) is 15.2. The van der Waals surface area contributed by atoms with Gasteiger partial charge in [-0.05, 0) is 67.6 Å². The molecule has 3 aromatic rings. The van der Waals surface area contributed by atoms with Gasteiger partial charge in [-0.2, -0.15) is 0 Å². The summed E-state index contributed by atoms with van der Waals surface area (Å²) in [5.74, 6) is -1.78. The Morgan fingerprint density at radius 3 is 2.12 bits per heavy atom. The maximum Gasteiger partial charge on any atom is 0.337 e. The minimum Gasteiger partial charge on any atom is -0.478 e. The van der Waals surface area contributed by atoms with E-state index in [1.54, 1.807) is 42.5 Å². The molecule has 0 aromatic heterocycles. The molecule has 0 aliphatic heterocycles. The summed E-state index contributed by atoms with van der Waals surface area (Å²) in [5, 5.41) is 17.2. The molecule has 0 heterocycles. The number of urea groups is 1. The number of carbonyl (C=O) groups excluding carboxylic acids is 3. The van der Waals surface area contributed by atoms with Crippen LogP contribution in [0.25, 0.3) is 0 Å². The Balaban J connectivity index is 1.68. The number of carbonyl (C=O) groups is 4. The van der Waals surface area contributed by atoms with Crippen LogP contribution in [0.1, 0.15) is 38.0 Å². The Hall–Kier alpha value is -3.98. The first-order valence-corrected chi connectivity index (χ1v) is 10.2. The Morgan fingerprint density at radius 1 is 0.781 bits per heavy atom. The number of hydrogen-bond acceptors (Lipinski definition) is 4. The fraction of sp³-hybridized carbons (Fsp3) is 0.0435. The fourth-order valence-electron chi connectivity index (χ4n) is 2.82. The molecule has 0 unspecified atom stereocenters. The molecule has 4 N–H and O–H groups in total. The number of aromatic carboxylic acids is 1. The molecule has 0 saturated carbocycles. The molecule has 3 aromatic carbocycles. The molecular formula is C23H18BrN3O5. The van der Waals surface area contributed by atoms with Crippen molar-refractivity contribution < 1.29 is 24.3 Å². The van der Waals surface area contributed by atoms with Crippen molar-refractivity contribution in [2.24, 2.45) is 0 Å². The van der Waals surface area contributed by atoms with Crippen molar-refractivity contribution in [1.82, 2.24) is 0 Å². The Morgan fingerprint density at radius 2 is 1.47 bits per heavy atom. The Labute approximate surface area is 191 Å². The van der Waals surface area contributed by atoms with Gasteiger partial charge in [-0.15, -0.1) is 0 Å². The minimum atomic E-state index is -1.18. The Kier molecular flexibility index (Phi) is 7.01. The van der Waals surface area contributed by atoms with Gasteiger partial charge in [0.15, 0.2) is 5.78 Å². The van der Waals surface area contributed by atoms with Crippen LogP contribution >= 0.6 is 15.9 Å². The van der Waals surface area contributed by atoms with Gasteiger partial charge in [0, 0.05) is 27.0 Å². The van der Waals surface area contributed by atoms with Crippen LogP contribution in [0, 0.1) is 0 Å². The summed E-state index contributed by atoms with van der Waals surface area (Å²) in [6.07, 6.45) is 0. The number of benzene rings is 3. The lowest BCUT2D eigenvalue weighted by Gasteiger charge is -2.11. The van der Waals surface area contributed by atoms with Crippen molar-refractivity contribution in [1.29, 1.82) is 0 Å². The molecule has 32 heavy (non-hydrogen) atoms. The molecule has 9 heteroatoms. The summed E-state index contributed by atoms with van der Waals surface area (Å²) in [5.41, 5.74) is 1.72. The highest BCUT2D eigenvalue weighted by Crippen LogP contribution is 2.22. The second-order valence-electron chi connectivity index (χ2n) is 6.74. The smallest absolute Gasteiger partial charge is 0.337 e. The predicted molar refractivity (Wildman–Crippen MR) is 125 cm³/mol. The number of carboxylic acids is 1. The van der Waals surface area contributed by atoms with Crippen LogP contribution in [0.3, 0.4) is 0 Å². The number of Topliss-reactive ketones (excluding diaryl/α,β-unsaturated/α-hetero) is 1. The van der Waals surface area contributed by atoms with Crippen molar-refractivity contribution in [3.8, 4) is 0 Å². The number of rotatable bonds is 6. The van der Waals surface area contributed by atoms with Gasteiger partial charge in [0.05, 0.1) is 11.3 Å². The van der Waals surface area contributed by atoms with Gasteiger partial charge >= 0.3 is 12.0 Å². The largest absolute Gasteiger partial charge is 0.478 e. The lowest BCUT2D eigenvalue weighted by atomic mass is 10.1. The second-order valence-corrected chi connectivity index (χ2v) is 7.66. The van der Waals surface area contributed by atoms with Gasteiger partial charge in [0.2, 0.25) is 0 Å². The summed E-state index contributed by atoms with van der Waals surface area (Å²) in [4.78, 5) is 47.6. The third-order valence-corrected chi connectivity index (χ3v) is 4.89. The van der Waals surface area contributed by atoms with E-state index in [9.17, 15) is 24.3 Å². The van der Waals surface area contributed by atoms with Gasteiger partial charge in [-0.25, -0.2) is 9.59 Å².